The average molecular weight is 455 g/mol. The molecule has 3 nitrogen and oxygen atoms in total. The zero-order chi connectivity index (χ0) is 23.7. The topological polar surface area (TPSA) is 46.5 Å². The normalized spacial score (nSPS) is 56.6. The molecule has 1 aliphatic heterocycles. The lowest BCUT2D eigenvalue weighted by molar-refractivity contribution is -0.286. The minimum atomic E-state index is -0.528. The third kappa shape index (κ3) is 2.54. The summed E-state index contributed by atoms with van der Waals surface area (Å²) in [5, 5.41) is 10.5. The summed E-state index contributed by atoms with van der Waals surface area (Å²) in [6.45, 7) is 16.0. The van der Waals surface area contributed by atoms with Crippen molar-refractivity contribution in [1.29, 1.82) is 0 Å². The van der Waals surface area contributed by atoms with Gasteiger partial charge in [0.1, 0.15) is 0 Å². The van der Waals surface area contributed by atoms with E-state index in [4.69, 9.17) is 4.74 Å². The molecule has 9 atom stereocenters. The van der Waals surface area contributed by atoms with Gasteiger partial charge in [-0.3, -0.25) is 4.79 Å². The van der Waals surface area contributed by atoms with E-state index in [2.05, 4.69) is 47.6 Å². The van der Waals surface area contributed by atoms with E-state index in [1.165, 1.54) is 25.7 Å². The van der Waals surface area contributed by atoms with Crippen molar-refractivity contribution in [2.24, 2.45) is 50.2 Å². The molecule has 6 rings (SSSR count). The zero-order valence-electron chi connectivity index (χ0n) is 21.9. The molecule has 184 valence electrons. The first kappa shape index (κ1) is 22.6. The number of fused-ring (bicyclic) bond motifs is 9. The molecule has 6 aliphatic rings. The van der Waals surface area contributed by atoms with E-state index in [0.717, 1.165) is 51.0 Å². The number of ether oxygens (including phenoxy) is 1. The molecule has 1 heterocycles. The molecule has 0 spiro atoms. The molecule has 4 saturated carbocycles. The van der Waals surface area contributed by atoms with E-state index in [1.54, 1.807) is 5.57 Å². The van der Waals surface area contributed by atoms with Crippen LogP contribution in [0.5, 0.6) is 0 Å². The third-order valence-corrected chi connectivity index (χ3v) is 13.4. The number of hydrogen-bond donors (Lipinski definition) is 1. The Morgan fingerprint density at radius 2 is 1.64 bits per heavy atom. The number of allylic oxidation sites excluding steroid dienone is 2. The number of carbonyl (C=O) groups is 1. The van der Waals surface area contributed by atoms with Gasteiger partial charge in [0.25, 0.3) is 0 Å². The molecule has 5 aliphatic carbocycles. The van der Waals surface area contributed by atoms with Gasteiger partial charge in [-0.2, -0.15) is 0 Å². The Bertz CT molecular complexity index is 920. The maximum Gasteiger partial charge on any atom is 0.310 e. The van der Waals surface area contributed by atoms with Crippen molar-refractivity contribution >= 4 is 5.97 Å². The van der Waals surface area contributed by atoms with Gasteiger partial charge in [0.2, 0.25) is 0 Å². The van der Waals surface area contributed by atoms with E-state index in [-0.39, 0.29) is 22.2 Å². The van der Waals surface area contributed by atoms with Crippen molar-refractivity contribution in [3.05, 3.63) is 11.6 Å². The molecule has 0 aromatic heterocycles. The van der Waals surface area contributed by atoms with Crippen molar-refractivity contribution in [2.75, 3.05) is 6.61 Å². The summed E-state index contributed by atoms with van der Waals surface area (Å²) in [4.78, 5) is 12.8. The van der Waals surface area contributed by atoms with Crippen molar-refractivity contribution in [1.82, 2.24) is 0 Å². The zero-order valence-corrected chi connectivity index (χ0v) is 21.9. The third-order valence-electron chi connectivity index (χ3n) is 13.4. The Morgan fingerprint density at radius 3 is 2.30 bits per heavy atom. The van der Waals surface area contributed by atoms with E-state index in [9.17, 15) is 9.90 Å². The largest absolute Gasteiger partial charge is 0.481 e. The van der Waals surface area contributed by atoms with Gasteiger partial charge in [-0.25, -0.2) is 0 Å². The maximum absolute atomic E-state index is 12.8. The van der Waals surface area contributed by atoms with Crippen LogP contribution < -0.4 is 0 Å². The molecule has 3 heteroatoms. The second-order valence-electron chi connectivity index (χ2n) is 15.0. The van der Waals surface area contributed by atoms with Crippen molar-refractivity contribution in [3.8, 4) is 0 Å². The van der Waals surface area contributed by atoms with Crippen molar-refractivity contribution in [3.63, 3.8) is 0 Å². The smallest absolute Gasteiger partial charge is 0.310 e. The van der Waals surface area contributed by atoms with Crippen LogP contribution in [-0.2, 0) is 9.53 Å². The fraction of sp³-hybridized carbons (Fsp3) is 0.900. The number of carboxylic acid groups (broad SMARTS) is 1. The average Bonchev–Trinajstić information content (AvgIpc) is 2.72. The quantitative estimate of drug-likeness (QED) is 0.424. The van der Waals surface area contributed by atoms with Crippen LogP contribution in [0, 0.1) is 50.2 Å². The summed E-state index contributed by atoms with van der Waals surface area (Å²) in [6.07, 6.45) is 14.2. The molecule has 0 amide bonds. The maximum atomic E-state index is 12.8. The lowest BCUT2D eigenvalue weighted by Crippen LogP contribution is -2.68. The standard InChI is InChI=1S/C30H46O3/c1-25(2)13-15-30(24(31)32)16-14-28(5)19(20(30)17-25)7-8-22-26(3)11-10-23-27(4,18-33-23)21(26)9-12-29(22,28)6/h7,20-23H,8-18H2,1-6H3,(H,31,32)/t20-,21+,22+,23+,26-,27-,28+,29-,30-/m0/s1. The van der Waals surface area contributed by atoms with Gasteiger partial charge in [0.15, 0.2) is 0 Å². The van der Waals surface area contributed by atoms with Gasteiger partial charge in [0, 0.05) is 5.41 Å². The van der Waals surface area contributed by atoms with Crippen LogP contribution >= 0.6 is 0 Å². The first-order chi connectivity index (χ1) is 15.3. The van der Waals surface area contributed by atoms with E-state index in [1.807, 2.05) is 0 Å². The summed E-state index contributed by atoms with van der Waals surface area (Å²) in [7, 11) is 0. The predicted octanol–water partition coefficient (Wildman–Crippen LogP) is 7.25. The molecular weight excluding hydrogens is 408 g/mol. The Hall–Kier alpha value is -0.830. The first-order valence-corrected chi connectivity index (χ1v) is 13.9. The predicted molar refractivity (Wildman–Crippen MR) is 131 cm³/mol. The van der Waals surface area contributed by atoms with E-state index < -0.39 is 11.4 Å². The fourth-order valence-corrected chi connectivity index (χ4v) is 11.1. The van der Waals surface area contributed by atoms with Crippen LogP contribution in [0.4, 0.5) is 0 Å². The van der Waals surface area contributed by atoms with Gasteiger partial charge in [-0.15, -0.1) is 0 Å². The molecule has 0 aromatic carbocycles. The van der Waals surface area contributed by atoms with Crippen LogP contribution in [0.1, 0.15) is 106 Å². The highest BCUT2D eigenvalue weighted by Gasteiger charge is 2.70. The molecule has 5 fully saturated rings. The lowest BCUT2D eigenvalue weighted by Gasteiger charge is -2.72. The molecule has 0 unspecified atom stereocenters. The lowest BCUT2D eigenvalue weighted by atomic mass is 9.33. The van der Waals surface area contributed by atoms with Gasteiger partial charge in [-0.05, 0) is 104 Å². The fourth-order valence-electron chi connectivity index (χ4n) is 11.1. The Balaban J connectivity index is 1.43. The van der Waals surface area contributed by atoms with Crippen molar-refractivity contribution < 1.29 is 14.6 Å². The molecule has 1 N–H and O–H groups in total. The number of rotatable bonds is 1. The molecule has 0 bridgehead atoms. The van der Waals surface area contributed by atoms with Crippen molar-refractivity contribution in [2.45, 2.75) is 112 Å². The summed E-state index contributed by atoms with van der Waals surface area (Å²) in [6, 6.07) is 0. The Labute approximate surface area is 201 Å². The summed E-state index contributed by atoms with van der Waals surface area (Å²) in [5.74, 6) is 1.16. The highest BCUT2D eigenvalue weighted by molar-refractivity contribution is 5.76. The highest BCUT2D eigenvalue weighted by Crippen LogP contribution is 2.76. The summed E-state index contributed by atoms with van der Waals surface area (Å²) < 4.78 is 6.04. The van der Waals surface area contributed by atoms with E-state index >= 15 is 0 Å². The highest BCUT2D eigenvalue weighted by atomic mass is 16.5. The molecular formula is C30H46O3. The number of aliphatic carboxylic acids is 1. The monoisotopic (exact) mass is 454 g/mol. The van der Waals surface area contributed by atoms with Crippen LogP contribution in [0.3, 0.4) is 0 Å². The number of carboxylic acids is 1. The Kier molecular flexibility index (Phi) is 4.44. The number of hydrogen-bond acceptors (Lipinski definition) is 2. The minimum Gasteiger partial charge on any atom is -0.481 e. The SMILES string of the molecule is CC1(C)CC[C@]2(C(=O)O)CC[C@]3(C)C(=CC[C@@H]4[C@@]5(C)CC[C@H]6OC[C@@]6(C)[C@@H]5CC[C@@]43C)[C@@H]2C1. The first-order valence-electron chi connectivity index (χ1n) is 13.9. The van der Waals surface area contributed by atoms with Gasteiger partial charge >= 0.3 is 5.97 Å². The molecule has 0 aromatic rings. The van der Waals surface area contributed by atoms with Crippen LogP contribution in [0.15, 0.2) is 11.6 Å². The Morgan fingerprint density at radius 1 is 0.909 bits per heavy atom. The molecule has 0 radical (unpaired) electrons. The van der Waals surface area contributed by atoms with Gasteiger partial charge < -0.3 is 9.84 Å². The van der Waals surface area contributed by atoms with Gasteiger partial charge in [-0.1, -0.05) is 53.2 Å². The summed E-state index contributed by atoms with van der Waals surface area (Å²) in [5.41, 5.74) is 2.41. The second-order valence-corrected chi connectivity index (χ2v) is 15.0. The van der Waals surface area contributed by atoms with Crippen LogP contribution in [0.25, 0.3) is 0 Å². The van der Waals surface area contributed by atoms with Crippen LogP contribution in [0.2, 0.25) is 0 Å². The van der Waals surface area contributed by atoms with Gasteiger partial charge in [0.05, 0.1) is 18.1 Å². The second kappa shape index (κ2) is 6.48. The molecule has 1 saturated heterocycles. The minimum absolute atomic E-state index is 0.134. The van der Waals surface area contributed by atoms with Crippen LogP contribution in [-0.4, -0.2) is 23.8 Å². The van der Waals surface area contributed by atoms with E-state index in [0.29, 0.717) is 22.9 Å². The molecule has 33 heavy (non-hydrogen) atoms. The summed E-state index contributed by atoms with van der Waals surface area (Å²) >= 11 is 0.